The van der Waals surface area contributed by atoms with Crippen LogP contribution in [0.15, 0.2) is 42.6 Å². The van der Waals surface area contributed by atoms with Gasteiger partial charge in [0.1, 0.15) is 11.6 Å². The Hall–Kier alpha value is -2.10. The number of halogens is 1. The summed E-state index contributed by atoms with van der Waals surface area (Å²) in [6.45, 7) is 0.444. The van der Waals surface area contributed by atoms with Gasteiger partial charge in [0.15, 0.2) is 0 Å². The van der Waals surface area contributed by atoms with Crippen LogP contribution in [0.25, 0.3) is 0 Å². The van der Waals surface area contributed by atoms with E-state index in [1.54, 1.807) is 12.3 Å². The molecule has 1 aromatic carbocycles. The van der Waals surface area contributed by atoms with Crippen LogP contribution in [0, 0.1) is 5.82 Å². The van der Waals surface area contributed by atoms with E-state index in [1.165, 1.54) is 12.1 Å². The summed E-state index contributed by atoms with van der Waals surface area (Å²) in [4.78, 5) is 4.17. The molecule has 0 radical (unpaired) electrons. The fraction of sp³-hybridized carbons (Fsp3) is 0.154. The highest BCUT2D eigenvalue weighted by molar-refractivity contribution is 5.44. The highest BCUT2D eigenvalue weighted by Crippen LogP contribution is 2.17. The van der Waals surface area contributed by atoms with Crippen molar-refractivity contribution < 1.29 is 9.13 Å². The van der Waals surface area contributed by atoms with Gasteiger partial charge in [0.05, 0.1) is 6.61 Å². The lowest BCUT2D eigenvalue weighted by Crippen LogP contribution is -2.03. The first-order valence-electron chi connectivity index (χ1n) is 5.33. The molecule has 4 heteroatoms. The summed E-state index contributed by atoms with van der Waals surface area (Å²) in [6, 6.07) is 9.87. The first-order chi connectivity index (χ1) is 8.24. The van der Waals surface area contributed by atoms with Gasteiger partial charge in [-0.2, -0.15) is 0 Å². The van der Waals surface area contributed by atoms with E-state index in [2.05, 4.69) is 4.98 Å². The Kier molecular flexibility index (Phi) is 3.55. The van der Waals surface area contributed by atoms with Crippen molar-refractivity contribution in [2.24, 2.45) is 0 Å². The van der Waals surface area contributed by atoms with Crippen LogP contribution >= 0.6 is 0 Å². The van der Waals surface area contributed by atoms with Crippen molar-refractivity contribution in [3.63, 3.8) is 0 Å². The summed E-state index contributed by atoms with van der Waals surface area (Å²) in [5.74, 6) is 0.0521. The number of nitrogens with two attached hydrogens (primary N) is 1. The Morgan fingerprint density at radius 3 is 2.82 bits per heavy atom. The molecule has 2 rings (SSSR count). The molecule has 0 unspecified atom stereocenters. The second-order valence-corrected chi connectivity index (χ2v) is 3.64. The Morgan fingerprint density at radius 1 is 1.24 bits per heavy atom. The van der Waals surface area contributed by atoms with Crippen LogP contribution in [0.3, 0.4) is 0 Å². The zero-order valence-electron chi connectivity index (χ0n) is 9.27. The summed E-state index contributed by atoms with van der Waals surface area (Å²) in [7, 11) is 0. The van der Waals surface area contributed by atoms with E-state index >= 15 is 0 Å². The van der Waals surface area contributed by atoms with Crippen molar-refractivity contribution in [1.82, 2.24) is 4.98 Å². The molecule has 0 bridgehead atoms. The molecular weight excluding hydrogens is 219 g/mol. The third-order valence-corrected chi connectivity index (χ3v) is 2.25. The molecule has 17 heavy (non-hydrogen) atoms. The Bertz CT molecular complexity index is 468. The molecule has 3 nitrogen and oxygen atoms in total. The lowest BCUT2D eigenvalue weighted by atomic mass is 10.3. The van der Waals surface area contributed by atoms with Crippen molar-refractivity contribution in [3.05, 3.63) is 54.1 Å². The van der Waals surface area contributed by atoms with Crippen LogP contribution in [0.5, 0.6) is 5.75 Å². The van der Waals surface area contributed by atoms with Gasteiger partial charge in [-0.25, -0.2) is 4.39 Å². The van der Waals surface area contributed by atoms with Gasteiger partial charge in [-0.15, -0.1) is 0 Å². The van der Waals surface area contributed by atoms with Gasteiger partial charge >= 0.3 is 0 Å². The molecule has 1 aromatic heterocycles. The number of hydrogen-bond donors (Lipinski definition) is 1. The highest BCUT2D eigenvalue weighted by Gasteiger charge is 2.00. The van der Waals surface area contributed by atoms with Crippen LogP contribution in [0.2, 0.25) is 0 Å². The lowest BCUT2D eigenvalue weighted by molar-refractivity contribution is 0.319. The summed E-state index contributed by atoms with van der Waals surface area (Å²) in [5.41, 5.74) is 6.81. The normalized spacial score (nSPS) is 10.2. The van der Waals surface area contributed by atoms with E-state index in [0.717, 1.165) is 5.69 Å². The number of nitrogen functional groups attached to an aromatic ring is 1. The Labute approximate surface area is 99.1 Å². The number of anilines is 1. The van der Waals surface area contributed by atoms with E-state index in [-0.39, 0.29) is 0 Å². The molecule has 2 aromatic rings. The molecule has 0 atom stereocenters. The first kappa shape index (κ1) is 11.4. The monoisotopic (exact) mass is 232 g/mol. The van der Waals surface area contributed by atoms with Gasteiger partial charge in [-0.05, 0) is 18.2 Å². The molecule has 0 aliphatic rings. The number of benzene rings is 1. The molecule has 0 aliphatic heterocycles. The standard InChI is InChI=1S/C13H13FN2O/c14-10-7-11(15)9-13(8-10)17-6-4-12-3-1-2-5-16-12/h1-3,5,7-9H,4,6,15H2. The van der Waals surface area contributed by atoms with Crippen LogP contribution in [-0.2, 0) is 6.42 Å². The highest BCUT2D eigenvalue weighted by atomic mass is 19.1. The summed E-state index contributed by atoms with van der Waals surface area (Å²) < 4.78 is 18.4. The fourth-order valence-corrected chi connectivity index (χ4v) is 1.49. The molecule has 0 saturated carbocycles. The largest absolute Gasteiger partial charge is 0.493 e. The zero-order chi connectivity index (χ0) is 12.1. The van der Waals surface area contributed by atoms with E-state index in [4.69, 9.17) is 10.5 Å². The first-order valence-corrected chi connectivity index (χ1v) is 5.33. The maximum Gasteiger partial charge on any atom is 0.128 e. The Morgan fingerprint density at radius 2 is 2.12 bits per heavy atom. The van der Waals surface area contributed by atoms with Crippen molar-refractivity contribution >= 4 is 5.69 Å². The van der Waals surface area contributed by atoms with Crippen molar-refractivity contribution in [3.8, 4) is 5.75 Å². The van der Waals surface area contributed by atoms with E-state index < -0.39 is 5.82 Å². The van der Waals surface area contributed by atoms with E-state index in [0.29, 0.717) is 24.5 Å². The number of rotatable bonds is 4. The number of hydrogen-bond acceptors (Lipinski definition) is 3. The van der Waals surface area contributed by atoms with E-state index in [1.807, 2.05) is 18.2 Å². The second-order valence-electron chi connectivity index (χ2n) is 3.64. The third kappa shape index (κ3) is 3.45. The third-order valence-electron chi connectivity index (χ3n) is 2.25. The van der Waals surface area contributed by atoms with Crippen LogP contribution in [0.1, 0.15) is 5.69 Å². The summed E-state index contributed by atoms with van der Waals surface area (Å²) >= 11 is 0. The molecule has 2 N–H and O–H groups in total. The maximum absolute atomic E-state index is 13.0. The molecule has 0 spiro atoms. The minimum atomic E-state index is -0.391. The predicted octanol–water partition coefficient (Wildman–Crippen LogP) is 2.42. The maximum atomic E-state index is 13.0. The summed E-state index contributed by atoms with van der Waals surface area (Å²) in [6.07, 6.45) is 2.41. The number of nitrogens with zero attached hydrogens (tertiary/aromatic N) is 1. The van der Waals surface area contributed by atoms with Crippen molar-refractivity contribution in [2.45, 2.75) is 6.42 Å². The van der Waals surface area contributed by atoms with Gasteiger partial charge < -0.3 is 10.5 Å². The minimum absolute atomic E-state index is 0.359. The molecule has 0 aliphatic carbocycles. The topological polar surface area (TPSA) is 48.1 Å². The average molecular weight is 232 g/mol. The number of ether oxygens (including phenoxy) is 1. The molecule has 88 valence electrons. The number of pyridine rings is 1. The van der Waals surface area contributed by atoms with E-state index in [9.17, 15) is 4.39 Å². The molecule has 0 saturated heterocycles. The van der Waals surface area contributed by atoms with Crippen LogP contribution < -0.4 is 10.5 Å². The van der Waals surface area contributed by atoms with Gasteiger partial charge in [0, 0.05) is 36.1 Å². The average Bonchev–Trinajstić information content (AvgIpc) is 2.29. The smallest absolute Gasteiger partial charge is 0.128 e. The van der Waals surface area contributed by atoms with Crippen LogP contribution in [-0.4, -0.2) is 11.6 Å². The van der Waals surface area contributed by atoms with Gasteiger partial charge in [-0.3, -0.25) is 4.98 Å². The zero-order valence-corrected chi connectivity index (χ0v) is 9.27. The number of aromatic nitrogens is 1. The predicted molar refractivity (Wildman–Crippen MR) is 64.2 cm³/mol. The molecule has 0 amide bonds. The molecular formula is C13H13FN2O. The molecule has 1 heterocycles. The molecule has 0 fully saturated rings. The van der Waals surface area contributed by atoms with Gasteiger partial charge in [0.25, 0.3) is 0 Å². The van der Waals surface area contributed by atoms with Crippen molar-refractivity contribution in [1.29, 1.82) is 0 Å². The fourth-order valence-electron chi connectivity index (χ4n) is 1.49. The minimum Gasteiger partial charge on any atom is -0.493 e. The van der Waals surface area contributed by atoms with Gasteiger partial charge in [-0.1, -0.05) is 6.07 Å². The van der Waals surface area contributed by atoms with Crippen LogP contribution in [0.4, 0.5) is 10.1 Å². The quantitative estimate of drug-likeness (QED) is 0.823. The lowest BCUT2D eigenvalue weighted by Gasteiger charge is -2.06. The second kappa shape index (κ2) is 5.30. The summed E-state index contributed by atoms with van der Waals surface area (Å²) in [5, 5.41) is 0. The van der Waals surface area contributed by atoms with Crippen molar-refractivity contribution in [2.75, 3.05) is 12.3 Å². The SMILES string of the molecule is Nc1cc(F)cc(OCCc2ccccn2)c1. The van der Waals surface area contributed by atoms with Gasteiger partial charge in [0.2, 0.25) is 0 Å². The Balaban J connectivity index is 1.90.